The van der Waals surface area contributed by atoms with Gasteiger partial charge in [-0.05, 0) is 56.3 Å². The largest absolute Gasteiger partial charge is 0.342 e. The summed E-state index contributed by atoms with van der Waals surface area (Å²) in [5.41, 5.74) is 1.92. The summed E-state index contributed by atoms with van der Waals surface area (Å²) in [7, 11) is 0. The summed E-state index contributed by atoms with van der Waals surface area (Å²) in [6, 6.07) is 9.94. The van der Waals surface area contributed by atoms with Crippen LogP contribution in [0.1, 0.15) is 43.2 Å². The van der Waals surface area contributed by atoms with Crippen LogP contribution in [-0.2, 0) is 11.3 Å². The lowest BCUT2D eigenvalue weighted by Crippen LogP contribution is -2.46. The number of nitrogens with zero attached hydrogens (tertiary/aromatic N) is 3. The van der Waals surface area contributed by atoms with Gasteiger partial charge in [0.05, 0.1) is 17.6 Å². The molecular formula is C19H25N3O. The lowest BCUT2D eigenvalue weighted by molar-refractivity contribution is -0.138. The van der Waals surface area contributed by atoms with E-state index < -0.39 is 0 Å². The Morgan fingerprint density at radius 3 is 2.52 bits per heavy atom. The van der Waals surface area contributed by atoms with E-state index in [0.29, 0.717) is 11.5 Å². The quantitative estimate of drug-likeness (QED) is 0.862. The topological polar surface area (TPSA) is 47.3 Å². The van der Waals surface area contributed by atoms with E-state index >= 15 is 0 Å². The third-order valence-electron chi connectivity index (χ3n) is 5.01. The number of benzene rings is 1. The Bertz CT molecular complexity index is 569. The molecular weight excluding hydrogens is 286 g/mol. The number of carbonyl (C=O) groups is 1. The van der Waals surface area contributed by atoms with Crippen LogP contribution in [0, 0.1) is 17.2 Å². The van der Waals surface area contributed by atoms with Crippen molar-refractivity contribution in [3.63, 3.8) is 0 Å². The van der Waals surface area contributed by atoms with Crippen molar-refractivity contribution in [3.8, 4) is 6.07 Å². The van der Waals surface area contributed by atoms with Crippen LogP contribution >= 0.6 is 0 Å². The number of hydrogen-bond donors (Lipinski definition) is 0. The van der Waals surface area contributed by atoms with Crippen LogP contribution in [0.2, 0.25) is 0 Å². The molecule has 0 bridgehead atoms. The third kappa shape index (κ3) is 4.11. The SMILES string of the molecule is N#Cc1ccc(CN2CCCC(C(=O)N3CCCCC3)C2)cc1. The second kappa shape index (κ2) is 7.61. The van der Waals surface area contributed by atoms with Gasteiger partial charge in [-0.1, -0.05) is 12.1 Å². The highest BCUT2D eigenvalue weighted by atomic mass is 16.2. The fourth-order valence-electron chi connectivity index (χ4n) is 3.72. The molecule has 2 aliphatic rings. The molecule has 2 saturated heterocycles. The average Bonchev–Trinajstić information content (AvgIpc) is 2.63. The van der Waals surface area contributed by atoms with E-state index in [9.17, 15) is 4.79 Å². The van der Waals surface area contributed by atoms with Crippen molar-refractivity contribution in [1.82, 2.24) is 9.80 Å². The van der Waals surface area contributed by atoms with Crippen molar-refractivity contribution >= 4 is 5.91 Å². The van der Waals surface area contributed by atoms with Crippen molar-refractivity contribution < 1.29 is 4.79 Å². The number of piperidine rings is 2. The summed E-state index contributed by atoms with van der Waals surface area (Å²) < 4.78 is 0. The molecule has 2 heterocycles. The Balaban J connectivity index is 1.56. The maximum atomic E-state index is 12.7. The number of amides is 1. The average molecular weight is 311 g/mol. The van der Waals surface area contributed by atoms with Gasteiger partial charge >= 0.3 is 0 Å². The Kier molecular flexibility index (Phi) is 5.30. The lowest BCUT2D eigenvalue weighted by Gasteiger charge is -2.36. The number of hydrogen-bond acceptors (Lipinski definition) is 3. The minimum absolute atomic E-state index is 0.167. The van der Waals surface area contributed by atoms with Gasteiger partial charge in [-0.3, -0.25) is 9.69 Å². The van der Waals surface area contributed by atoms with Crippen LogP contribution in [0.25, 0.3) is 0 Å². The van der Waals surface area contributed by atoms with Gasteiger partial charge in [0.1, 0.15) is 0 Å². The van der Waals surface area contributed by atoms with E-state index in [1.807, 2.05) is 24.3 Å². The first-order valence-electron chi connectivity index (χ1n) is 8.76. The van der Waals surface area contributed by atoms with Crippen LogP contribution in [-0.4, -0.2) is 41.9 Å². The highest BCUT2D eigenvalue weighted by molar-refractivity contribution is 5.79. The zero-order chi connectivity index (χ0) is 16.1. The standard InChI is InChI=1S/C19H25N3O/c20-13-16-6-8-17(9-7-16)14-21-10-4-5-18(15-21)19(23)22-11-2-1-3-12-22/h6-9,18H,1-5,10-12,14-15H2. The molecule has 3 rings (SSSR count). The summed E-state index contributed by atoms with van der Waals surface area (Å²) in [4.78, 5) is 17.2. The van der Waals surface area contributed by atoms with Crippen molar-refractivity contribution in [2.24, 2.45) is 5.92 Å². The van der Waals surface area contributed by atoms with E-state index in [0.717, 1.165) is 58.4 Å². The summed E-state index contributed by atoms with van der Waals surface area (Å²) >= 11 is 0. The first-order chi connectivity index (χ1) is 11.3. The minimum Gasteiger partial charge on any atom is -0.342 e. The Labute approximate surface area is 138 Å². The molecule has 0 saturated carbocycles. The number of nitriles is 1. The first kappa shape index (κ1) is 16.0. The molecule has 1 atom stereocenters. The van der Waals surface area contributed by atoms with Gasteiger partial charge < -0.3 is 4.90 Å². The zero-order valence-corrected chi connectivity index (χ0v) is 13.7. The predicted octanol–water partition coefficient (Wildman–Crippen LogP) is 2.78. The van der Waals surface area contributed by atoms with Crippen molar-refractivity contribution in [3.05, 3.63) is 35.4 Å². The summed E-state index contributed by atoms with van der Waals surface area (Å²) in [5, 5.41) is 8.87. The molecule has 122 valence electrons. The smallest absolute Gasteiger partial charge is 0.226 e. The maximum Gasteiger partial charge on any atom is 0.226 e. The molecule has 0 spiro atoms. The zero-order valence-electron chi connectivity index (χ0n) is 13.7. The molecule has 1 aromatic carbocycles. The van der Waals surface area contributed by atoms with Crippen LogP contribution in [0.5, 0.6) is 0 Å². The molecule has 4 heteroatoms. The van der Waals surface area contributed by atoms with Gasteiger partial charge in [-0.2, -0.15) is 5.26 Å². The van der Waals surface area contributed by atoms with E-state index in [-0.39, 0.29) is 5.92 Å². The van der Waals surface area contributed by atoms with Gasteiger partial charge in [0.15, 0.2) is 0 Å². The third-order valence-corrected chi connectivity index (χ3v) is 5.01. The summed E-state index contributed by atoms with van der Waals surface area (Å²) in [6.45, 7) is 4.70. The monoisotopic (exact) mass is 311 g/mol. The first-order valence-corrected chi connectivity index (χ1v) is 8.76. The molecule has 4 nitrogen and oxygen atoms in total. The Hall–Kier alpha value is -1.86. The molecule has 0 aliphatic carbocycles. The fourth-order valence-corrected chi connectivity index (χ4v) is 3.72. The number of rotatable bonds is 3. The molecule has 0 N–H and O–H groups in total. The molecule has 23 heavy (non-hydrogen) atoms. The van der Waals surface area contributed by atoms with Gasteiger partial charge in [-0.15, -0.1) is 0 Å². The van der Waals surface area contributed by atoms with Crippen molar-refractivity contribution in [2.75, 3.05) is 26.2 Å². The molecule has 2 fully saturated rings. The molecule has 1 unspecified atom stereocenters. The second-order valence-corrected chi connectivity index (χ2v) is 6.77. The van der Waals surface area contributed by atoms with Crippen molar-refractivity contribution in [2.45, 2.75) is 38.6 Å². The van der Waals surface area contributed by atoms with Gasteiger partial charge in [0.2, 0.25) is 5.91 Å². The fraction of sp³-hybridized carbons (Fsp3) is 0.579. The number of likely N-dealkylation sites (tertiary alicyclic amines) is 2. The van der Waals surface area contributed by atoms with E-state index in [2.05, 4.69) is 15.9 Å². The Morgan fingerprint density at radius 1 is 1.09 bits per heavy atom. The highest BCUT2D eigenvalue weighted by Crippen LogP contribution is 2.22. The maximum absolute atomic E-state index is 12.7. The van der Waals surface area contributed by atoms with Gasteiger partial charge in [-0.25, -0.2) is 0 Å². The molecule has 0 radical (unpaired) electrons. The molecule has 1 aromatic rings. The second-order valence-electron chi connectivity index (χ2n) is 6.77. The predicted molar refractivity (Wildman–Crippen MR) is 89.6 cm³/mol. The number of carbonyl (C=O) groups excluding carboxylic acids is 1. The van der Waals surface area contributed by atoms with E-state index in [4.69, 9.17) is 5.26 Å². The molecule has 2 aliphatic heterocycles. The minimum atomic E-state index is 0.167. The highest BCUT2D eigenvalue weighted by Gasteiger charge is 2.29. The van der Waals surface area contributed by atoms with Crippen LogP contribution in [0.3, 0.4) is 0 Å². The summed E-state index contributed by atoms with van der Waals surface area (Å²) in [6.07, 6.45) is 5.71. The van der Waals surface area contributed by atoms with E-state index in [1.165, 1.54) is 12.0 Å². The van der Waals surface area contributed by atoms with E-state index in [1.54, 1.807) is 0 Å². The normalized spacial score (nSPS) is 22.6. The van der Waals surface area contributed by atoms with Crippen LogP contribution in [0.15, 0.2) is 24.3 Å². The van der Waals surface area contributed by atoms with Crippen LogP contribution in [0.4, 0.5) is 0 Å². The van der Waals surface area contributed by atoms with Gasteiger partial charge in [0, 0.05) is 26.2 Å². The molecule has 1 amide bonds. The van der Waals surface area contributed by atoms with Crippen LogP contribution < -0.4 is 0 Å². The molecule has 0 aromatic heterocycles. The van der Waals surface area contributed by atoms with Gasteiger partial charge in [0.25, 0.3) is 0 Å². The Morgan fingerprint density at radius 2 is 1.83 bits per heavy atom. The lowest BCUT2D eigenvalue weighted by atomic mass is 9.95. The van der Waals surface area contributed by atoms with Crippen molar-refractivity contribution in [1.29, 1.82) is 5.26 Å². The summed E-state index contributed by atoms with van der Waals surface area (Å²) in [5.74, 6) is 0.537.